The van der Waals surface area contributed by atoms with E-state index in [1.165, 1.54) is 5.57 Å². The molecule has 0 saturated heterocycles. The Bertz CT molecular complexity index is 990. The van der Waals surface area contributed by atoms with Crippen molar-refractivity contribution in [3.8, 4) is 0 Å². The van der Waals surface area contributed by atoms with Gasteiger partial charge in [-0.05, 0) is 83.9 Å². The zero-order chi connectivity index (χ0) is 25.9. The smallest absolute Gasteiger partial charge is 0.550 e. The van der Waals surface area contributed by atoms with E-state index in [9.17, 15) is 24.9 Å². The molecule has 0 aromatic heterocycles. The van der Waals surface area contributed by atoms with Gasteiger partial charge in [0, 0.05) is 23.7 Å². The Morgan fingerprint density at radius 2 is 1.67 bits per heavy atom. The zero-order valence-corrected chi connectivity index (χ0v) is 26.8. The Morgan fingerprint density at radius 3 is 2.28 bits per heavy atom. The minimum absolute atomic E-state index is 0. The number of ketones is 1. The molecule has 3 unspecified atom stereocenters. The van der Waals surface area contributed by atoms with E-state index in [0.717, 1.165) is 25.7 Å². The predicted molar refractivity (Wildman–Crippen MR) is 132 cm³/mol. The number of carbonyl (C=O) groups excluding carboxylic acids is 2. The first-order valence-electron chi connectivity index (χ1n) is 13.9. The van der Waals surface area contributed by atoms with Gasteiger partial charge in [-0.2, -0.15) is 0 Å². The van der Waals surface area contributed by atoms with Gasteiger partial charge in [-0.3, -0.25) is 4.79 Å². The largest absolute Gasteiger partial charge is 1.00 e. The van der Waals surface area contributed by atoms with Gasteiger partial charge in [0.05, 0.1) is 12.2 Å². The molecule has 196 valence electrons. The van der Waals surface area contributed by atoms with Crippen LogP contribution in [-0.2, 0) is 9.59 Å². The number of carboxylic acid groups (broad SMARTS) is 1. The zero-order valence-electron chi connectivity index (χ0n) is 23.7. The molecule has 6 heteroatoms. The third-order valence-electron chi connectivity index (χ3n) is 13.2. The predicted octanol–water partition coefficient (Wildman–Crippen LogP) is 0.909. The van der Waals surface area contributed by atoms with Crippen molar-refractivity contribution in [3.63, 3.8) is 0 Å². The van der Waals surface area contributed by atoms with Crippen LogP contribution in [0.3, 0.4) is 0 Å². The Hall–Kier alpha value is 0.436. The number of hydrogen-bond acceptors (Lipinski definition) is 5. The van der Waals surface area contributed by atoms with E-state index >= 15 is 0 Å². The van der Waals surface area contributed by atoms with Gasteiger partial charge in [0.15, 0.2) is 0 Å². The Balaban J connectivity index is 0.00000304. The second-order valence-corrected chi connectivity index (χ2v) is 14.5. The van der Waals surface area contributed by atoms with E-state index in [0.29, 0.717) is 24.7 Å². The van der Waals surface area contributed by atoms with E-state index in [-0.39, 0.29) is 103 Å². The summed E-state index contributed by atoms with van der Waals surface area (Å²) in [5, 5.41) is 34.5. The second-order valence-electron chi connectivity index (χ2n) is 14.5. The summed E-state index contributed by atoms with van der Waals surface area (Å²) in [6.45, 7) is 15.4. The van der Waals surface area contributed by atoms with Crippen molar-refractivity contribution in [2.24, 2.45) is 56.7 Å². The van der Waals surface area contributed by atoms with Crippen LogP contribution in [0, 0.1) is 56.7 Å². The molecule has 0 aromatic carbocycles. The van der Waals surface area contributed by atoms with Crippen molar-refractivity contribution in [2.45, 2.75) is 106 Å². The maximum Gasteiger partial charge on any atom is 1.00 e. The van der Waals surface area contributed by atoms with Crippen LogP contribution in [-0.4, -0.2) is 34.2 Å². The van der Waals surface area contributed by atoms with Gasteiger partial charge < -0.3 is 20.1 Å². The first-order valence-corrected chi connectivity index (χ1v) is 13.9. The molecule has 5 aliphatic carbocycles. The maximum absolute atomic E-state index is 12.9. The van der Waals surface area contributed by atoms with Gasteiger partial charge in [-0.25, -0.2) is 0 Å². The third kappa shape index (κ3) is 3.46. The summed E-state index contributed by atoms with van der Waals surface area (Å²) in [6, 6.07) is 0. The first-order chi connectivity index (χ1) is 16.1. The normalized spacial score (nSPS) is 53.5. The number of Topliss-reactive ketones (excluding diaryl/α,β-unsaturated/α-hetero) is 1. The van der Waals surface area contributed by atoms with Crippen LogP contribution in [0.15, 0.2) is 11.6 Å². The van der Waals surface area contributed by atoms with Gasteiger partial charge in [-0.1, -0.05) is 60.1 Å². The quantitative estimate of drug-likeness (QED) is 0.393. The Labute approximate surface area is 259 Å². The van der Waals surface area contributed by atoms with Crippen LogP contribution in [0.1, 0.15) is 93.4 Å². The molecular weight excluding hydrogens is 479 g/mol. The van der Waals surface area contributed by atoms with Crippen LogP contribution in [0.2, 0.25) is 0 Å². The molecule has 5 nitrogen and oxygen atoms in total. The molecule has 11 atom stereocenters. The fourth-order valence-corrected chi connectivity index (χ4v) is 10.8. The van der Waals surface area contributed by atoms with Crippen molar-refractivity contribution < 1.29 is 76.3 Å². The van der Waals surface area contributed by atoms with Crippen molar-refractivity contribution in [1.29, 1.82) is 0 Å². The van der Waals surface area contributed by atoms with E-state index in [1.807, 2.05) is 6.92 Å². The molecular formula is C30H45KO5. The monoisotopic (exact) mass is 524 g/mol. The van der Waals surface area contributed by atoms with Crippen LogP contribution >= 0.6 is 0 Å². The summed E-state index contributed by atoms with van der Waals surface area (Å²) in [5.41, 5.74) is -0.494. The Morgan fingerprint density at radius 1 is 1.03 bits per heavy atom. The summed E-state index contributed by atoms with van der Waals surface area (Å²) in [6.07, 6.45) is 5.76. The molecule has 36 heavy (non-hydrogen) atoms. The van der Waals surface area contributed by atoms with Crippen molar-refractivity contribution >= 4 is 11.8 Å². The number of rotatable bonds is 1. The average molecular weight is 525 g/mol. The number of hydrogen-bond donors (Lipinski definition) is 2. The maximum atomic E-state index is 12.9. The number of aliphatic hydroxyl groups excluding tert-OH is 2. The van der Waals surface area contributed by atoms with Crippen molar-refractivity contribution in [3.05, 3.63) is 11.6 Å². The van der Waals surface area contributed by atoms with Gasteiger partial charge in [0.1, 0.15) is 5.78 Å². The molecule has 4 fully saturated rings. The Kier molecular flexibility index (Phi) is 7.33. The molecule has 0 aromatic rings. The molecule has 0 aliphatic heterocycles. The van der Waals surface area contributed by atoms with Crippen LogP contribution < -0.4 is 56.5 Å². The van der Waals surface area contributed by atoms with Gasteiger partial charge in [0.2, 0.25) is 0 Å². The standard InChI is InChI=1S/C30H46O5.K/c1-16-17(2)23-18-8-9-22-27(5)14-20(32)24(33)26(3,4)21(27)10-11-29(22,7)28(18,6)12-13-30(23,25(34)35)15-19(16)31;/h8,16-17,20-24,32-33H,9-15H2,1-7H3,(H,34,35);/q;+1/p-1/t16-,17-,20+,21?,22?,23?,24-,27-,28+,29+,30+;/m0./s1. The molecule has 2 N–H and O–H groups in total. The molecule has 0 radical (unpaired) electrons. The van der Waals surface area contributed by atoms with Crippen LogP contribution in [0.4, 0.5) is 0 Å². The fourth-order valence-electron chi connectivity index (χ4n) is 10.8. The van der Waals surface area contributed by atoms with Gasteiger partial charge in [-0.15, -0.1) is 0 Å². The molecule has 0 bridgehead atoms. The summed E-state index contributed by atoms with van der Waals surface area (Å²) >= 11 is 0. The minimum atomic E-state index is -1.09. The second kappa shape index (κ2) is 8.97. The third-order valence-corrected chi connectivity index (χ3v) is 13.2. The first kappa shape index (κ1) is 29.4. The number of allylic oxidation sites excluding steroid dienone is 2. The van der Waals surface area contributed by atoms with Crippen molar-refractivity contribution in [2.75, 3.05) is 0 Å². The van der Waals surface area contributed by atoms with E-state index in [2.05, 4.69) is 47.6 Å². The van der Waals surface area contributed by atoms with E-state index in [4.69, 9.17) is 0 Å². The van der Waals surface area contributed by atoms with Crippen molar-refractivity contribution in [1.82, 2.24) is 0 Å². The topological polar surface area (TPSA) is 97.7 Å². The van der Waals surface area contributed by atoms with E-state index < -0.39 is 23.6 Å². The number of aliphatic hydroxyl groups is 2. The van der Waals surface area contributed by atoms with Crippen LogP contribution in [0.25, 0.3) is 0 Å². The number of aliphatic carboxylic acids is 1. The van der Waals surface area contributed by atoms with Gasteiger partial charge in [0.25, 0.3) is 0 Å². The summed E-state index contributed by atoms with van der Waals surface area (Å²) < 4.78 is 0. The molecule has 0 amide bonds. The fraction of sp³-hybridized carbons (Fsp3) is 0.867. The number of fused-ring (bicyclic) bond motifs is 7. The number of carboxylic acids is 1. The summed E-state index contributed by atoms with van der Waals surface area (Å²) in [5.74, 6) is -0.668. The molecule has 0 spiro atoms. The van der Waals surface area contributed by atoms with Crippen LogP contribution in [0.5, 0.6) is 0 Å². The molecule has 5 aliphatic rings. The summed E-state index contributed by atoms with van der Waals surface area (Å²) in [7, 11) is 0. The minimum Gasteiger partial charge on any atom is -0.550 e. The molecule has 0 heterocycles. The van der Waals surface area contributed by atoms with E-state index in [1.54, 1.807) is 0 Å². The number of carbonyl (C=O) groups is 2. The average Bonchev–Trinajstić information content (AvgIpc) is 2.76. The van der Waals surface area contributed by atoms with Gasteiger partial charge >= 0.3 is 51.4 Å². The molecule has 5 rings (SSSR count). The summed E-state index contributed by atoms with van der Waals surface area (Å²) in [4.78, 5) is 25.5. The SMILES string of the molecule is C[C@@H]1C(=O)C[C@]2(C(=O)[O-])CC[C@]3(C)C(=CCC4[C@@]5(C)C[C@@H](O)[C@H](O)C(C)(C)C5CC[C@]43C)C2[C@H]1C.[K+]. The molecule has 4 saturated carbocycles.